The summed E-state index contributed by atoms with van der Waals surface area (Å²) in [7, 11) is 0. The van der Waals surface area contributed by atoms with Gasteiger partial charge in [0.05, 0.1) is 0 Å². The Hall–Kier alpha value is -3.94. The molecule has 4 aromatic rings. The average molecular weight is 387 g/mol. The van der Waals surface area contributed by atoms with E-state index in [0.29, 0.717) is 30.5 Å². The van der Waals surface area contributed by atoms with Crippen LogP contribution >= 0.6 is 0 Å². The van der Waals surface area contributed by atoms with E-state index in [9.17, 15) is 4.79 Å². The summed E-state index contributed by atoms with van der Waals surface area (Å²) >= 11 is 0. The molecule has 2 heterocycles. The van der Waals surface area contributed by atoms with Crippen LogP contribution in [0.3, 0.4) is 0 Å². The Bertz CT molecular complexity index is 1130. The quantitative estimate of drug-likeness (QED) is 0.441. The van der Waals surface area contributed by atoms with Crippen molar-refractivity contribution in [3.63, 3.8) is 0 Å². The molecule has 0 saturated heterocycles. The number of aromatic nitrogens is 4. The van der Waals surface area contributed by atoms with Crippen LogP contribution in [0.1, 0.15) is 5.82 Å². The van der Waals surface area contributed by atoms with E-state index >= 15 is 0 Å². The van der Waals surface area contributed by atoms with Gasteiger partial charge in [0.1, 0.15) is 11.6 Å². The topological polar surface area (TPSA) is 96.8 Å². The molecule has 8 nitrogen and oxygen atoms in total. The van der Waals surface area contributed by atoms with Gasteiger partial charge in [0.2, 0.25) is 0 Å². The van der Waals surface area contributed by atoms with Crippen LogP contribution in [0.2, 0.25) is 0 Å². The van der Waals surface area contributed by atoms with Crippen molar-refractivity contribution in [1.82, 2.24) is 25.1 Å². The lowest BCUT2D eigenvalue weighted by atomic mass is 10.1. The minimum absolute atomic E-state index is 0.252. The van der Waals surface area contributed by atoms with Gasteiger partial charge in [0.25, 0.3) is 0 Å². The van der Waals surface area contributed by atoms with Crippen LogP contribution in [0.5, 0.6) is 0 Å². The number of anilines is 2. The molecule has 146 valence electrons. The molecule has 0 atom stereocenters. The third-order valence-corrected chi connectivity index (χ3v) is 4.29. The van der Waals surface area contributed by atoms with E-state index < -0.39 is 0 Å². The van der Waals surface area contributed by atoms with Gasteiger partial charge in [-0.25, -0.2) is 19.4 Å². The van der Waals surface area contributed by atoms with Crippen LogP contribution in [0.15, 0.2) is 67.0 Å². The van der Waals surface area contributed by atoms with Crippen molar-refractivity contribution in [2.75, 3.05) is 23.7 Å². The third kappa shape index (κ3) is 4.67. The maximum atomic E-state index is 12.1. The van der Waals surface area contributed by atoms with Crippen LogP contribution < -0.4 is 16.0 Å². The van der Waals surface area contributed by atoms with Gasteiger partial charge in [-0.15, -0.1) is 0 Å². The Morgan fingerprint density at radius 3 is 2.69 bits per heavy atom. The summed E-state index contributed by atoms with van der Waals surface area (Å²) in [5.41, 5.74) is 0.754. The zero-order chi connectivity index (χ0) is 20.1. The second kappa shape index (κ2) is 8.39. The molecule has 0 radical (unpaired) electrons. The Labute approximate surface area is 168 Å². The first-order valence-electron chi connectivity index (χ1n) is 9.31. The summed E-state index contributed by atoms with van der Waals surface area (Å²) in [5, 5.41) is 15.3. The molecule has 2 amide bonds. The van der Waals surface area contributed by atoms with E-state index in [1.807, 2.05) is 67.7 Å². The molecule has 4 rings (SSSR count). The highest BCUT2D eigenvalue weighted by atomic mass is 16.2. The molecule has 0 bridgehead atoms. The van der Waals surface area contributed by atoms with E-state index in [2.05, 4.69) is 31.0 Å². The van der Waals surface area contributed by atoms with Crippen molar-refractivity contribution in [3.05, 3.63) is 72.8 Å². The molecular weight excluding hydrogens is 366 g/mol. The first-order chi connectivity index (χ1) is 14.2. The first kappa shape index (κ1) is 18.4. The van der Waals surface area contributed by atoms with Crippen molar-refractivity contribution in [3.8, 4) is 5.82 Å². The number of hydrogen-bond donors (Lipinski definition) is 3. The number of rotatable bonds is 6. The van der Waals surface area contributed by atoms with E-state index in [1.54, 1.807) is 10.9 Å². The molecule has 8 heteroatoms. The van der Waals surface area contributed by atoms with Crippen molar-refractivity contribution < 1.29 is 4.79 Å². The fraction of sp³-hybridized carbons (Fsp3) is 0.143. The Kier molecular flexibility index (Phi) is 5.33. The number of fused-ring (bicyclic) bond motifs is 1. The molecule has 0 aliphatic carbocycles. The molecular formula is C21H21N7O. The van der Waals surface area contributed by atoms with Gasteiger partial charge in [-0.1, -0.05) is 30.3 Å². The predicted molar refractivity (Wildman–Crippen MR) is 113 cm³/mol. The largest absolute Gasteiger partial charge is 0.368 e. The van der Waals surface area contributed by atoms with Gasteiger partial charge in [-0.3, -0.25) is 0 Å². The minimum Gasteiger partial charge on any atom is -0.368 e. The number of carbonyl (C=O) groups excluding carboxylic acids is 1. The summed E-state index contributed by atoms with van der Waals surface area (Å²) in [6.07, 6.45) is 3.52. The third-order valence-electron chi connectivity index (χ3n) is 4.29. The molecule has 0 saturated carbocycles. The van der Waals surface area contributed by atoms with Gasteiger partial charge in [-0.2, -0.15) is 5.10 Å². The molecule has 3 N–H and O–H groups in total. The Morgan fingerprint density at radius 1 is 1.00 bits per heavy atom. The summed E-state index contributed by atoms with van der Waals surface area (Å²) in [6, 6.07) is 17.3. The number of benzene rings is 2. The number of aryl methyl sites for hydroxylation is 1. The standard InChI is InChI=1S/C21H21N7O/c1-15-25-19(14-20(26-15)28-12-4-9-24-28)22-10-11-23-21(29)27-18-8-7-16-5-2-3-6-17(16)13-18/h2-9,12-14H,10-11H2,1H3,(H,22,25,26)(H2,23,27,29). The normalized spacial score (nSPS) is 10.7. The predicted octanol–water partition coefficient (Wildman–Crippen LogP) is 3.36. The van der Waals surface area contributed by atoms with Crippen LogP contribution in [-0.2, 0) is 0 Å². The Morgan fingerprint density at radius 2 is 1.86 bits per heavy atom. The van der Waals surface area contributed by atoms with Gasteiger partial charge in [-0.05, 0) is 35.9 Å². The van der Waals surface area contributed by atoms with Crippen molar-refractivity contribution in [2.45, 2.75) is 6.92 Å². The lowest BCUT2D eigenvalue weighted by molar-refractivity contribution is 0.252. The van der Waals surface area contributed by atoms with Crippen LogP contribution in [0.4, 0.5) is 16.3 Å². The number of amides is 2. The number of hydrogen-bond acceptors (Lipinski definition) is 5. The zero-order valence-corrected chi connectivity index (χ0v) is 16.0. The second-order valence-corrected chi connectivity index (χ2v) is 6.48. The smallest absolute Gasteiger partial charge is 0.319 e. The van der Waals surface area contributed by atoms with Crippen LogP contribution in [0, 0.1) is 6.92 Å². The number of nitrogens with one attached hydrogen (secondary N) is 3. The van der Waals surface area contributed by atoms with Crippen LogP contribution in [-0.4, -0.2) is 38.9 Å². The van der Waals surface area contributed by atoms with Crippen molar-refractivity contribution >= 4 is 28.3 Å². The highest BCUT2D eigenvalue weighted by Gasteiger charge is 2.05. The first-order valence-corrected chi connectivity index (χ1v) is 9.31. The van der Waals surface area contributed by atoms with E-state index in [0.717, 1.165) is 16.5 Å². The van der Waals surface area contributed by atoms with Gasteiger partial charge in [0.15, 0.2) is 5.82 Å². The van der Waals surface area contributed by atoms with E-state index in [4.69, 9.17) is 0 Å². The van der Waals surface area contributed by atoms with Gasteiger partial charge < -0.3 is 16.0 Å². The van der Waals surface area contributed by atoms with Crippen LogP contribution in [0.25, 0.3) is 16.6 Å². The monoisotopic (exact) mass is 387 g/mol. The maximum absolute atomic E-state index is 12.1. The SMILES string of the molecule is Cc1nc(NCCNC(=O)Nc2ccc3ccccc3c2)cc(-n2cccn2)n1. The molecule has 0 aliphatic rings. The number of urea groups is 1. The highest BCUT2D eigenvalue weighted by Crippen LogP contribution is 2.18. The van der Waals surface area contributed by atoms with E-state index in [-0.39, 0.29) is 6.03 Å². The van der Waals surface area contributed by atoms with Gasteiger partial charge in [0, 0.05) is 37.2 Å². The van der Waals surface area contributed by atoms with Crippen molar-refractivity contribution in [2.24, 2.45) is 0 Å². The summed E-state index contributed by atoms with van der Waals surface area (Å²) in [5.74, 6) is 2.01. The Balaban J connectivity index is 1.28. The van der Waals surface area contributed by atoms with Crippen molar-refractivity contribution in [1.29, 1.82) is 0 Å². The summed E-state index contributed by atoms with van der Waals surface area (Å²) in [6.45, 7) is 2.80. The zero-order valence-electron chi connectivity index (χ0n) is 16.0. The molecule has 2 aromatic carbocycles. The molecule has 29 heavy (non-hydrogen) atoms. The fourth-order valence-electron chi connectivity index (χ4n) is 2.97. The number of nitrogens with zero attached hydrogens (tertiary/aromatic N) is 4. The maximum Gasteiger partial charge on any atom is 0.319 e. The summed E-state index contributed by atoms with van der Waals surface area (Å²) in [4.78, 5) is 20.9. The average Bonchev–Trinajstić information content (AvgIpc) is 3.26. The fourth-order valence-corrected chi connectivity index (χ4v) is 2.97. The molecule has 0 aliphatic heterocycles. The lowest BCUT2D eigenvalue weighted by Crippen LogP contribution is -2.32. The second-order valence-electron chi connectivity index (χ2n) is 6.48. The summed E-state index contributed by atoms with van der Waals surface area (Å²) < 4.78 is 1.68. The number of carbonyl (C=O) groups is 1. The molecule has 0 fully saturated rings. The van der Waals surface area contributed by atoms with E-state index in [1.165, 1.54) is 0 Å². The highest BCUT2D eigenvalue weighted by molar-refractivity contribution is 5.93. The van der Waals surface area contributed by atoms with Gasteiger partial charge >= 0.3 is 6.03 Å². The molecule has 0 spiro atoms. The lowest BCUT2D eigenvalue weighted by Gasteiger charge is -2.11. The minimum atomic E-state index is -0.252. The molecule has 0 unspecified atom stereocenters. The molecule has 2 aromatic heterocycles.